The van der Waals surface area contributed by atoms with Crippen molar-refractivity contribution >= 4 is 39.5 Å². The second-order valence-electron chi connectivity index (χ2n) is 4.73. The molecule has 1 fully saturated rings. The number of rotatable bonds is 4. The number of benzene rings is 1. The molecule has 1 aromatic heterocycles. The Hall–Kier alpha value is -1.93. The number of hydrogen-bond acceptors (Lipinski definition) is 7. The standard InChI is InChI=1S/C13H16BrN7/c14-9-5-1-2-6-10(9)16-11-17-12(20-15)19-13(18-11)21-7-3-4-8-21/h1-2,5-6H,3-4,7-8,15H2,(H2,16,17,18,19,20). The van der Waals surface area contributed by atoms with E-state index in [0.717, 1.165) is 36.1 Å². The third kappa shape index (κ3) is 3.22. The van der Waals surface area contributed by atoms with Gasteiger partial charge >= 0.3 is 0 Å². The zero-order valence-corrected chi connectivity index (χ0v) is 13.0. The van der Waals surface area contributed by atoms with E-state index in [0.29, 0.717) is 17.8 Å². The summed E-state index contributed by atoms with van der Waals surface area (Å²) in [5.74, 6) is 6.91. The molecule has 2 aromatic rings. The first-order valence-corrected chi connectivity index (χ1v) is 7.55. The average Bonchev–Trinajstić information content (AvgIpc) is 3.04. The molecule has 1 aliphatic heterocycles. The number of para-hydroxylation sites is 1. The lowest BCUT2D eigenvalue weighted by Crippen LogP contribution is -2.23. The van der Waals surface area contributed by atoms with E-state index in [-0.39, 0.29) is 0 Å². The van der Waals surface area contributed by atoms with Gasteiger partial charge in [0.25, 0.3) is 0 Å². The van der Waals surface area contributed by atoms with Crippen LogP contribution in [0.5, 0.6) is 0 Å². The minimum Gasteiger partial charge on any atom is -0.341 e. The number of anilines is 4. The monoisotopic (exact) mass is 349 g/mol. The van der Waals surface area contributed by atoms with Gasteiger partial charge in [-0.1, -0.05) is 12.1 Å². The quantitative estimate of drug-likeness (QED) is 0.575. The van der Waals surface area contributed by atoms with E-state index < -0.39 is 0 Å². The molecular formula is C13H16BrN7. The molecule has 3 rings (SSSR count). The molecule has 8 heteroatoms. The van der Waals surface area contributed by atoms with Gasteiger partial charge in [0, 0.05) is 17.6 Å². The van der Waals surface area contributed by atoms with Crippen molar-refractivity contribution in [3.63, 3.8) is 0 Å². The lowest BCUT2D eigenvalue weighted by Gasteiger charge is -2.16. The maximum atomic E-state index is 5.45. The molecule has 1 aliphatic rings. The van der Waals surface area contributed by atoms with Crippen LogP contribution in [0.1, 0.15) is 12.8 Å². The summed E-state index contributed by atoms with van der Waals surface area (Å²) >= 11 is 3.49. The number of hydrogen-bond donors (Lipinski definition) is 3. The van der Waals surface area contributed by atoms with Gasteiger partial charge in [0.05, 0.1) is 5.69 Å². The third-order valence-corrected chi connectivity index (χ3v) is 3.95. The lowest BCUT2D eigenvalue weighted by atomic mass is 10.3. The molecular weight excluding hydrogens is 334 g/mol. The smallest absolute Gasteiger partial charge is 0.243 e. The molecule has 0 aliphatic carbocycles. The Morgan fingerprint density at radius 2 is 1.76 bits per heavy atom. The molecule has 110 valence electrons. The van der Waals surface area contributed by atoms with E-state index in [1.807, 2.05) is 24.3 Å². The maximum Gasteiger partial charge on any atom is 0.243 e. The van der Waals surface area contributed by atoms with Gasteiger partial charge in [-0.05, 0) is 40.9 Å². The van der Waals surface area contributed by atoms with E-state index in [9.17, 15) is 0 Å². The Morgan fingerprint density at radius 1 is 1.05 bits per heavy atom. The Morgan fingerprint density at radius 3 is 2.48 bits per heavy atom. The number of aromatic nitrogens is 3. The zero-order valence-electron chi connectivity index (χ0n) is 11.4. The minimum absolute atomic E-state index is 0.349. The summed E-state index contributed by atoms with van der Waals surface area (Å²) in [6, 6.07) is 7.79. The number of nitrogens with zero attached hydrogens (tertiary/aromatic N) is 4. The van der Waals surface area contributed by atoms with Crippen LogP contribution in [0.3, 0.4) is 0 Å². The minimum atomic E-state index is 0.349. The number of halogens is 1. The molecule has 21 heavy (non-hydrogen) atoms. The van der Waals surface area contributed by atoms with Crippen LogP contribution < -0.4 is 21.5 Å². The van der Waals surface area contributed by atoms with E-state index in [4.69, 9.17) is 5.84 Å². The van der Waals surface area contributed by atoms with Crippen LogP contribution in [0.4, 0.5) is 23.5 Å². The Labute approximate surface area is 131 Å². The van der Waals surface area contributed by atoms with Gasteiger partial charge in [0.2, 0.25) is 17.8 Å². The molecule has 0 unspecified atom stereocenters. The molecule has 1 saturated heterocycles. The molecule has 0 bridgehead atoms. The molecule has 7 nitrogen and oxygen atoms in total. The van der Waals surface area contributed by atoms with Crippen LogP contribution in [0.25, 0.3) is 0 Å². The number of hydrazine groups is 1. The van der Waals surface area contributed by atoms with Crippen LogP contribution in [0.15, 0.2) is 28.7 Å². The summed E-state index contributed by atoms with van der Waals surface area (Å²) in [5.41, 5.74) is 3.38. The first kappa shape index (κ1) is 14.0. The van der Waals surface area contributed by atoms with Gasteiger partial charge < -0.3 is 10.2 Å². The van der Waals surface area contributed by atoms with Gasteiger partial charge in [-0.25, -0.2) is 5.84 Å². The van der Waals surface area contributed by atoms with Crippen molar-refractivity contribution in [2.45, 2.75) is 12.8 Å². The lowest BCUT2D eigenvalue weighted by molar-refractivity contribution is 0.882. The molecule has 0 saturated carbocycles. The predicted octanol–water partition coefficient (Wildman–Crippen LogP) is 2.26. The van der Waals surface area contributed by atoms with Gasteiger partial charge in [-0.15, -0.1) is 0 Å². The highest BCUT2D eigenvalue weighted by Crippen LogP contribution is 2.25. The molecule has 0 spiro atoms. The van der Waals surface area contributed by atoms with Crippen molar-refractivity contribution < 1.29 is 0 Å². The second-order valence-corrected chi connectivity index (χ2v) is 5.58. The van der Waals surface area contributed by atoms with Gasteiger partial charge in [0.1, 0.15) is 0 Å². The molecule has 1 aromatic carbocycles. The van der Waals surface area contributed by atoms with E-state index in [1.165, 1.54) is 0 Å². The van der Waals surface area contributed by atoms with Crippen molar-refractivity contribution in [3.05, 3.63) is 28.7 Å². The van der Waals surface area contributed by atoms with Crippen molar-refractivity contribution in [2.24, 2.45) is 5.84 Å². The van der Waals surface area contributed by atoms with E-state index >= 15 is 0 Å². The number of nitrogens with one attached hydrogen (secondary N) is 2. The number of nitrogen functional groups attached to an aromatic ring is 1. The van der Waals surface area contributed by atoms with E-state index in [2.05, 4.69) is 46.5 Å². The summed E-state index contributed by atoms with van der Waals surface area (Å²) in [7, 11) is 0. The topological polar surface area (TPSA) is 92.0 Å². The van der Waals surface area contributed by atoms with Crippen LogP contribution in [-0.2, 0) is 0 Å². The molecule has 2 heterocycles. The molecule has 4 N–H and O–H groups in total. The highest BCUT2D eigenvalue weighted by molar-refractivity contribution is 9.10. The SMILES string of the molecule is NNc1nc(Nc2ccccc2Br)nc(N2CCCC2)n1. The van der Waals surface area contributed by atoms with Crippen molar-refractivity contribution in [2.75, 3.05) is 28.7 Å². The third-order valence-electron chi connectivity index (χ3n) is 3.26. The summed E-state index contributed by atoms with van der Waals surface area (Å²) in [4.78, 5) is 15.2. The van der Waals surface area contributed by atoms with Gasteiger partial charge in [-0.2, -0.15) is 15.0 Å². The first-order chi connectivity index (χ1) is 10.3. The predicted molar refractivity (Wildman–Crippen MR) is 86.5 cm³/mol. The van der Waals surface area contributed by atoms with Crippen LogP contribution in [-0.4, -0.2) is 28.0 Å². The highest BCUT2D eigenvalue weighted by Gasteiger charge is 2.17. The van der Waals surface area contributed by atoms with Gasteiger partial charge in [-0.3, -0.25) is 5.43 Å². The molecule has 0 radical (unpaired) electrons. The summed E-state index contributed by atoms with van der Waals surface area (Å²) in [5, 5.41) is 3.18. The maximum absolute atomic E-state index is 5.45. The van der Waals surface area contributed by atoms with Crippen LogP contribution in [0.2, 0.25) is 0 Å². The largest absolute Gasteiger partial charge is 0.341 e. The summed E-state index contributed by atoms with van der Waals surface area (Å²) in [6.45, 7) is 1.92. The molecule has 0 atom stereocenters. The fourth-order valence-corrected chi connectivity index (χ4v) is 2.61. The van der Waals surface area contributed by atoms with Gasteiger partial charge in [0.15, 0.2) is 0 Å². The second kappa shape index (κ2) is 6.23. The highest BCUT2D eigenvalue weighted by atomic mass is 79.9. The fourth-order valence-electron chi connectivity index (χ4n) is 2.23. The van der Waals surface area contributed by atoms with Crippen molar-refractivity contribution in [1.29, 1.82) is 0 Å². The zero-order chi connectivity index (χ0) is 14.7. The normalized spacial score (nSPS) is 14.3. The molecule has 0 amide bonds. The Balaban J connectivity index is 1.90. The van der Waals surface area contributed by atoms with E-state index in [1.54, 1.807) is 0 Å². The average molecular weight is 350 g/mol. The summed E-state index contributed by atoms with van der Waals surface area (Å²) < 4.78 is 0.940. The van der Waals surface area contributed by atoms with Crippen molar-refractivity contribution in [1.82, 2.24) is 15.0 Å². The number of nitrogens with two attached hydrogens (primary N) is 1. The Kier molecular flexibility index (Phi) is 4.16. The fraction of sp³-hybridized carbons (Fsp3) is 0.308. The summed E-state index contributed by atoms with van der Waals surface area (Å²) in [6.07, 6.45) is 2.31. The van der Waals surface area contributed by atoms with Crippen molar-refractivity contribution in [3.8, 4) is 0 Å². The van der Waals surface area contributed by atoms with Crippen LogP contribution >= 0.6 is 15.9 Å². The van der Waals surface area contributed by atoms with Crippen LogP contribution in [0, 0.1) is 0 Å². The first-order valence-electron chi connectivity index (χ1n) is 6.75. The Bertz CT molecular complexity index is 628.